The Labute approximate surface area is 124 Å². The Morgan fingerprint density at radius 3 is 2.14 bits per heavy atom. The van der Waals surface area contributed by atoms with Gasteiger partial charge in [0.05, 0.1) is 24.2 Å². The first kappa shape index (κ1) is 17.8. The van der Waals surface area contributed by atoms with E-state index >= 15 is 0 Å². The number of alkyl halides is 6. The van der Waals surface area contributed by atoms with Gasteiger partial charge in [0.25, 0.3) is 0 Å². The summed E-state index contributed by atoms with van der Waals surface area (Å²) >= 11 is 2.48. The van der Waals surface area contributed by atoms with Crippen LogP contribution in [0.25, 0.3) is 0 Å². The van der Waals surface area contributed by atoms with Gasteiger partial charge in [-0.2, -0.15) is 26.3 Å². The molecule has 1 aromatic carbocycles. The van der Waals surface area contributed by atoms with Crippen molar-refractivity contribution >= 4 is 21.9 Å². The Kier molecular flexibility index (Phi) is 5.30. The zero-order valence-corrected chi connectivity index (χ0v) is 12.1. The molecule has 0 aromatic heterocycles. The van der Waals surface area contributed by atoms with Crippen molar-refractivity contribution < 1.29 is 35.9 Å². The third-order valence-electron chi connectivity index (χ3n) is 2.39. The monoisotopic (exact) mass is 378 g/mol. The number of hydrogen-bond donors (Lipinski definition) is 0. The van der Waals surface area contributed by atoms with E-state index in [0.717, 1.165) is 6.07 Å². The maximum Gasteiger partial charge on any atom is 0.418 e. The summed E-state index contributed by atoms with van der Waals surface area (Å²) < 4.78 is 80.3. The SMILES string of the molecule is CCOC(=O)Cc1cc(Br)c(C(F)(F)F)c(C(F)(F)F)c1. The fraction of sp³-hybridized carbons (Fsp3) is 0.417. The molecule has 0 N–H and O–H groups in total. The molecule has 0 amide bonds. The topological polar surface area (TPSA) is 26.3 Å². The highest BCUT2D eigenvalue weighted by atomic mass is 79.9. The van der Waals surface area contributed by atoms with E-state index in [0.29, 0.717) is 6.07 Å². The van der Waals surface area contributed by atoms with Crippen LogP contribution in [0.2, 0.25) is 0 Å². The summed E-state index contributed by atoms with van der Waals surface area (Å²) in [5, 5.41) is 0. The predicted molar refractivity (Wildman–Crippen MR) is 64.5 cm³/mol. The van der Waals surface area contributed by atoms with Gasteiger partial charge in [0.2, 0.25) is 0 Å². The zero-order valence-electron chi connectivity index (χ0n) is 10.5. The van der Waals surface area contributed by atoms with E-state index in [1.54, 1.807) is 0 Å². The first-order chi connectivity index (χ1) is 9.46. The summed E-state index contributed by atoms with van der Waals surface area (Å²) in [5.74, 6) is -0.822. The van der Waals surface area contributed by atoms with Crippen molar-refractivity contribution in [2.75, 3.05) is 6.61 Å². The van der Waals surface area contributed by atoms with Crippen molar-refractivity contribution in [3.8, 4) is 0 Å². The fourth-order valence-corrected chi connectivity index (χ4v) is 2.39. The first-order valence-corrected chi connectivity index (χ1v) is 6.38. The van der Waals surface area contributed by atoms with Crippen LogP contribution in [0.15, 0.2) is 16.6 Å². The third-order valence-corrected chi connectivity index (χ3v) is 3.02. The van der Waals surface area contributed by atoms with E-state index in [1.807, 2.05) is 0 Å². The molecule has 21 heavy (non-hydrogen) atoms. The van der Waals surface area contributed by atoms with Crippen LogP contribution in [0.4, 0.5) is 26.3 Å². The Morgan fingerprint density at radius 2 is 1.71 bits per heavy atom. The number of benzene rings is 1. The van der Waals surface area contributed by atoms with E-state index in [4.69, 9.17) is 0 Å². The van der Waals surface area contributed by atoms with Crippen LogP contribution < -0.4 is 0 Å². The largest absolute Gasteiger partial charge is 0.466 e. The number of ether oxygens (including phenoxy) is 1. The molecule has 0 fully saturated rings. The van der Waals surface area contributed by atoms with Gasteiger partial charge in [-0.1, -0.05) is 15.9 Å². The molecule has 118 valence electrons. The lowest BCUT2D eigenvalue weighted by Crippen LogP contribution is -2.18. The smallest absolute Gasteiger partial charge is 0.418 e. The van der Waals surface area contributed by atoms with Gasteiger partial charge in [0.15, 0.2) is 0 Å². The highest BCUT2D eigenvalue weighted by molar-refractivity contribution is 9.10. The molecule has 0 heterocycles. The van der Waals surface area contributed by atoms with Crippen molar-refractivity contribution in [2.24, 2.45) is 0 Å². The molecule has 0 unspecified atom stereocenters. The second-order valence-corrected chi connectivity index (χ2v) is 4.83. The zero-order chi connectivity index (χ0) is 16.4. The number of halogens is 7. The average Bonchev–Trinajstić information content (AvgIpc) is 2.24. The molecule has 0 saturated carbocycles. The number of rotatable bonds is 3. The lowest BCUT2D eigenvalue weighted by Gasteiger charge is -2.18. The van der Waals surface area contributed by atoms with Crippen LogP contribution in [0.3, 0.4) is 0 Å². The van der Waals surface area contributed by atoms with Crippen molar-refractivity contribution in [1.29, 1.82) is 0 Å². The second kappa shape index (κ2) is 6.25. The normalized spacial score (nSPS) is 12.4. The van der Waals surface area contributed by atoms with Crippen molar-refractivity contribution in [1.82, 2.24) is 0 Å². The molecule has 2 nitrogen and oxygen atoms in total. The maximum absolute atomic E-state index is 12.8. The Balaban J connectivity index is 3.36. The Hall–Kier alpha value is -1.25. The Bertz CT molecular complexity index is 536. The van der Waals surface area contributed by atoms with Gasteiger partial charge in [-0.25, -0.2) is 0 Å². The summed E-state index contributed by atoms with van der Waals surface area (Å²) in [5.41, 5.74) is -3.88. The summed E-state index contributed by atoms with van der Waals surface area (Å²) in [6, 6.07) is 1.14. The number of hydrogen-bond acceptors (Lipinski definition) is 2. The molecule has 1 aromatic rings. The lowest BCUT2D eigenvalue weighted by atomic mass is 10.0. The second-order valence-electron chi connectivity index (χ2n) is 3.98. The molecule has 0 bridgehead atoms. The van der Waals surface area contributed by atoms with Crippen LogP contribution in [0.5, 0.6) is 0 Å². The third kappa shape index (κ3) is 4.62. The van der Waals surface area contributed by atoms with Crippen LogP contribution in [-0.2, 0) is 28.3 Å². The van der Waals surface area contributed by atoms with Crippen molar-refractivity contribution in [3.63, 3.8) is 0 Å². The molecule has 0 saturated heterocycles. The molecule has 0 radical (unpaired) electrons. The quantitative estimate of drug-likeness (QED) is 0.567. The van der Waals surface area contributed by atoms with E-state index in [1.165, 1.54) is 6.92 Å². The van der Waals surface area contributed by atoms with E-state index in [-0.39, 0.29) is 12.2 Å². The summed E-state index contributed by atoms with van der Waals surface area (Å²) in [6.07, 6.45) is -10.9. The average molecular weight is 379 g/mol. The summed E-state index contributed by atoms with van der Waals surface area (Å²) in [4.78, 5) is 11.2. The molecule has 0 atom stereocenters. The van der Waals surface area contributed by atoms with Gasteiger partial charge >= 0.3 is 18.3 Å². The first-order valence-electron chi connectivity index (χ1n) is 5.59. The Morgan fingerprint density at radius 1 is 1.14 bits per heavy atom. The minimum absolute atomic E-state index is 0.0206. The van der Waals surface area contributed by atoms with Gasteiger partial charge in [-0.15, -0.1) is 0 Å². The highest BCUT2D eigenvalue weighted by Crippen LogP contribution is 2.44. The number of carbonyl (C=O) groups excluding carboxylic acids is 1. The maximum atomic E-state index is 12.8. The summed E-state index contributed by atoms with van der Waals surface area (Å²) in [6.45, 7) is 1.52. The van der Waals surface area contributed by atoms with Gasteiger partial charge < -0.3 is 4.74 Å². The molecule has 1 rings (SSSR count). The van der Waals surface area contributed by atoms with Crippen LogP contribution in [0, 0.1) is 0 Å². The van der Waals surface area contributed by atoms with E-state index < -0.39 is 40.3 Å². The van der Waals surface area contributed by atoms with Crippen molar-refractivity contribution in [2.45, 2.75) is 25.7 Å². The van der Waals surface area contributed by atoms with Crippen LogP contribution >= 0.6 is 15.9 Å². The molecule has 0 spiro atoms. The summed E-state index contributed by atoms with van der Waals surface area (Å²) in [7, 11) is 0. The van der Waals surface area contributed by atoms with Crippen molar-refractivity contribution in [3.05, 3.63) is 33.3 Å². The van der Waals surface area contributed by atoms with Gasteiger partial charge in [0.1, 0.15) is 0 Å². The molecule has 0 aliphatic heterocycles. The molecule has 0 aliphatic rings. The van der Waals surface area contributed by atoms with Gasteiger partial charge in [0, 0.05) is 4.47 Å². The highest BCUT2D eigenvalue weighted by Gasteiger charge is 2.44. The van der Waals surface area contributed by atoms with Gasteiger partial charge in [-0.3, -0.25) is 4.79 Å². The van der Waals surface area contributed by atoms with Crippen LogP contribution in [0.1, 0.15) is 23.6 Å². The van der Waals surface area contributed by atoms with E-state index in [9.17, 15) is 31.1 Å². The van der Waals surface area contributed by atoms with Crippen LogP contribution in [-0.4, -0.2) is 12.6 Å². The molecule has 0 aliphatic carbocycles. The number of esters is 1. The molecular weight excluding hydrogens is 370 g/mol. The molecule has 9 heteroatoms. The number of carbonyl (C=O) groups is 1. The minimum atomic E-state index is -5.20. The van der Waals surface area contributed by atoms with E-state index in [2.05, 4.69) is 20.7 Å². The fourth-order valence-electron chi connectivity index (χ4n) is 1.66. The predicted octanol–water partition coefficient (Wildman–Crippen LogP) is 4.59. The molecular formula is C12H9BrF6O2. The standard InChI is InChI=1S/C12H9BrF6O2/c1-2-21-9(20)5-6-3-7(11(14,15)16)10(8(13)4-6)12(17,18)19/h3-4H,2,5H2,1H3. The van der Waals surface area contributed by atoms with Gasteiger partial charge in [-0.05, 0) is 24.6 Å². The minimum Gasteiger partial charge on any atom is -0.466 e. The lowest BCUT2D eigenvalue weighted by molar-refractivity contribution is -0.162.